The minimum absolute atomic E-state index is 0.0224. The Hall–Kier alpha value is -3.72. The number of imidazole rings is 1. The van der Waals surface area contributed by atoms with Gasteiger partial charge in [0.05, 0.1) is 17.6 Å². The highest BCUT2D eigenvalue weighted by atomic mass is 32.1. The molecule has 2 amide bonds. The number of benzene rings is 1. The second-order valence-electron chi connectivity index (χ2n) is 9.35. The zero-order valence-electron chi connectivity index (χ0n) is 21.3. The minimum atomic E-state index is -0.264. The van der Waals surface area contributed by atoms with Crippen LogP contribution in [0.5, 0.6) is 0 Å². The lowest BCUT2D eigenvalue weighted by atomic mass is 10.1. The number of carbonyl (C=O) groups is 2. The highest BCUT2D eigenvalue weighted by molar-refractivity contribution is 7.09. The Kier molecular flexibility index (Phi) is 7.50. The number of nitrogens with one attached hydrogen (secondary N) is 1. The normalized spacial score (nSPS) is 14.6. The van der Waals surface area contributed by atoms with Gasteiger partial charge in [0.15, 0.2) is 0 Å². The molecule has 1 fully saturated rings. The maximum Gasteiger partial charge on any atom is 0.251 e. The summed E-state index contributed by atoms with van der Waals surface area (Å²) in [5.74, 6) is 1.59. The highest BCUT2D eigenvalue weighted by Gasteiger charge is 2.23. The number of pyridine rings is 1. The van der Waals surface area contributed by atoms with Crippen LogP contribution >= 0.6 is 11.3 Å². The molecule has 1 saturated heterocycles. The van der Waals surface area contributed by atoms with Crippen LogP contribution in [-0.2, 0) is 11.2 Å². The first-order valence-corrected chi connectivity index (χ1v) is 13.7. The van der Waals surface area contributed by atoms with E-state index in [4.69, 9.17) is 4.98 Å². The van der Waals surface area contributed by atoms with Crippen molar-refractivity contribution in [3.05, 3.63) is 76.4 Å². The fraction of sp³-hybridized carbons (Fsp3) is 0.357. The van der Waals surface area contributed by atoms with Crippen LogP contribution in [0.1, 0.15) is 47.4 Å². The van der Waals surface area contributed by atoms with Crippen LogP contribution in [0.15, 0.2) is 60.1 Å². The third kappa shape index (κ3) is 5.51. The summed E-state index contributed by atoms with van der Waals surface area (Å²) in [6.07, 6.45) is 3.53. The van der Waals surface area contributed by atoms with Crippen molar-refractivity contribution in [2.45, 2.75) is 32.7 Å². The number of hydrogen-bond donors (Lipinski definition) is 1. The van der Waals surface area contributed by atoms with Crippen molar-refractivity contribution in [1.29, 1.82) is 0 Å². The molecule has 1 aliphatic rings. The van der Waals surface area contributed by atoms with Crippen LogP contribution in [0.2, 0.25) is 0 Å². The van der Waals surface area contributed by atoms with Gasteiger partial charge < -0.3 is 19.7 Å². The number of anilines is 1. The molecule has 1 atom stereocenters. The summed E-state index contributed by atoms with van der Waals surface area (Å²) in [5, 5.41) is 4.89. The molecule has 1 N–H and O–H groups in total. The summed E-state index contributed by atoms with van der Waals surface area (Å²) in [6.45, 7) is 7.00. The van der Waals surface area contributed by atoms with E-state index in [1.165, 1.54) is 4.88 Å². The van der Waals surface area contributed by atoms with Crippen LogP contribution in [0.3, 0.4) is 0 Å². The fourth-order valence-corrected chi connectivity index (χ4v) is 5.45. The zero-order valence-corrected chi connectivity index (χ0v) is 22.1. The van der Waals surface area contributed by atoms with Crippen LogP contribution in [0.25, 0.3) is 11.0 Å². The number of amides is 2. The zero-order chi connectivity index (χ0) is 25.8. The van der Waals surface area contributed by atoms with E-state index >= 15 is 0 Å². The van der Waals surface area contributed by atoms with Crippen LogP contribution in [0.4, 0.5) is 5.82 Å². The van der Waals surface area contributed by atoms with Gasteiger partial charge in [0.1, 0.15) is 11.6 Å². The highest BCUT2D eigenvalue weighted by Crippen LogP contribution is 2.26. The second-order valence-corrected chi connectivity index (χ2v) is 10.4. The number of hydrogen-bond acceptors (Lipinski definition) is 6. The van der Waals surface area contributed by atoms with Gasteiger partial charge in [0, 0.05) is 55.3 Å². The Balaban J connectivity index is 1.22. The van der Waals surface area contributed by atoms with E-state index in [9.17, 15) is 9.59 Å². The number of carbonyl (C=O) groups excluding carboxylic acids is 2. The van der Waals surface area contributed by atoms with E-state index < -0.39 is 0 Å². The lowest BCUT2D eigenvalue weighted by Crippen LogP contribution is -2.51. The smallest absolute Gasteiger partial charge is 0.251 e. The van der Waals surface area contributed by atoms with Crippen molar-refractivity contribution in [1.82, 2.24) is 24.8 Å². The van der Waals surface area contributed by atoms with Crippen LogP contribution in [0, 0.1) is 0 Å². The number of nitrogens with zero attached hydrogens (tertiary/aromatic N) is 5. The molecule has 0 bridgehead atoms. The first-order valence-electron chi connectivity index (χ1n) is 12.8. The topological polar surface area (TPSA) is 83.4 Å². The summed E-state index contributed by atoms with van der Waals surface area (Å²) in [5.41, 5.74) is 2.34. The maximum atomic E-state index is 12.9. The van der Waals surface area contributed by atoms with E-state index in [0.29, 0.717) is 24.7 Å². The van der Waals surface area contributed by atoms with Gasteiger partial charge in [-0.05, 0) is 55.1 Å². The summed E-state index contributed by atoms with van der Waals surface area (Å²) < 4.78 is 2.28. The summed E-state index contributed by atoms with van der Waals surface area (Å²) in [4.78, 5) is 40.2. The first kappa shape index (κ1) is 25.0. The second kappa shape index (κ2) is 11.1. The van der Waals surface area contributed by atoms with E-state index in [-0.39, 0.29) is 18.4 Å². The predicted molar refractivity (Wildman–Crippen MR) is 147 cm³/mol. The molecule has 9 heteroatoms. The van der Waals surface area contributed by atoms with Crippen molar-refractivity contribution in [3.63, 3.8) is 0 Å². The number of rotatable bonds is 8. The molecule has 0 aliphatic carbocycles. The Bertz CT molecular complexity index is 1360. The summed E-state index contributed by atoms with van der Waals surface area (Å²) in [6, 6.07) is 15.9. The van der Waals surface area contributed by atoms with Crippen LogP contribution < -0.4 is 10.2 Å². The molecule has 0 saturated carbocycles. The molecule has 37 heavy (non-hydrogen) atoms. The van der Waals surface area contributed by atoms with Gasteiger partial charge >= 0.3 is 0 Å². The lowest BCUT2D eigenvalue weighted by Gasteiger charge is -2.35. The van der Waals surface area contributed by atoms with Gasteiger partial charge in [0.2, 0.25) is 5.91 Å². The molecule has 0 spiro atoms. The molecular weight excluding hydrogens is 484 g/mol. The van der Waals surface area contributed by atoms with Gasteiger partial charge in [0.25, 0.3) is 5.91 Å². The standard InChI is InChI=1S/C28H32N6O2S/c1-3-20(2)34-24-10-9-21(17-23(24)31-26(34)18-22-7-6-16-37-22)28(36)30-19-27(35)33-14-12-32(13-15-33)25-8-4-5-11-29-25/h4-11,16-17,20H,3,12-15,18-19H2,1-2H3,(H,30,36). The van der Waals surface area contributed by atoms with Gasteiger partial charge in [-0.2, -0.15) is 0 Å². The predicted octanol–water partition coefficient (Wildman–Crippen LogP) is 4.13. The van der Waals surface area contributed by atoms with Crippen molar-refractivity contribution in [2.24, 2.45) is 0 Å². The molecule has 3 aromatic heterocycles. The molecule has 1 aliphatic heterocycles. The quantitative estimate of drug-likeness (QED) is 0.381. The molecule has 0 radical (unpaired) electrons. The average Bonchev–Trinajstić information content (AvgIpc) is 3.59. The van der Waals surface area contributed by atoms with E-state index in [2.05, 4.69) is 51.1 Å². The molecule has 5 rings (SSSR count). The third-order valence-corrected chi connectivity index (χ3v) is 7.85. The molecule has 192 valence electrons. The lowest BCUT2D eigenvalue weighted by molar-refractivity contribution is -0.130. The average molecular weight is 517 g/mol. The molecule has 4 heterocycles. The van der Waals surface area contributed by atoms with Crippen molar-refractivity contribution >= 4 is 40.0 Å². The van der Waals surface area contributed by atoms with Gasteiger partial charge in [-0.15, -0.1) is 11.3 Å². The van der Waals surface area contributed by atoms with E-state index in [0.717, 1.165) is 48.6 Å². The maximum absolute atomic E-state index is 12.9. The SMILES string of the molecule is CCC(C)n1c(Cc2cccs2)nc2cc(C(=O)NCC(=O)N3CCN(c4ccccn4)CC3)ccc21. The fourth-order valence-electron chi connectivity index (χ4n) is 4.75. The van der Waals surface area contributed by atoms with Crippen molar-refractivity contribution < 1.29 is 9.59 Å². The molecule has 8 nitrogen and oxygen atoms in total. The van der Waals surface area contributed by atoms with E-state index in [1.54, 1.807) is 22.4 Å². The largest absolute Gasteiger partial charge is 0.353 e. The number of fused-ring (bicyclic) bond motifs is 1. The van der Waals surface area contributed by atoms with E-state index in [1.807, 2.05) is 36.4 Å². The van der Waals surface area contributed by atoms with Crippen molar-refractivity contribution in [2.75, 3.05) is 37.6 Å². The Morgan fingerprint density at radius 1 is 1.08 bits per heavy atom. The third-order valence-electron chi connectivity index (χ3n) is 6.97. The Morgan fingerprint density at radius 2 is 1.92 bits per heavy atom. The number of aromatic nitrogens is 3. The number of thiophene rings is 1. The van der Waals surface area contributed by atoms with Crippen molar-refractivity contribution in [3.8, 4) is 0 Å². The Labute approximate surface area is 220 Å². The summed E-state index contributed by atoms with van der Waals surface area (Å²) >= 11 is 1.72. The first-order chi connectivity index (χ1) is 18.0. The van der Waals surface area contributed by atoms with Gasteiger partial charge in [-0.3, -0.25) is 9.59 Å². The van der Waals surface area contributed by atoms with Crippen LogP contribution in [-0.4, -0.2) is 64.0 Å². The molecule has 1 aromatic carbocycles. The summed E-state index contributed by atoms with van der Waals surface area (Å²) in [7, 11) is 0. The monoisotopic (exact) mass is 516 g/mol. The molecular formula is C28H32N6O2S. The molecule has 1 unspecified atom stereocenters. The van der Waals surface area contributed by atoms with Gasteiger partial charge in [-0.1, -0.05) is 19.1 Å². The Morgan fingerprint density at radius 3 is 2.62 bits per heavy atom. The number of piperazine rings is 1. The minimum Gasteiger partial charge on any atom is -0.353 e. The van der Waals surface area contributed by atoms with Gasteiger partial charge in [-0.25, -0.2) is 9.97 Å². The molecule has 4 aromatic rings.